The summed E-state index contributed by atoms with van der Waals surface area (Å²) in [6, 6.07) is 10.9. The van der Waals surface area contributed by atoms with Gasteiger partial charge in [0.05, 0.1) is 16.9 Å². The molecule has 2 aliphatic rings. The van der Waals surface area contributed by atoms with Gasteiger partial charge in [-0.15, -0.1) is 13.2 Å². The maximum Gasteiger partial charge on any atom is 0.573 e. The number of anilines is 1. The first-order chi connectivity index (χ1) is 18.3. The Balaban J connectivity index is 1.14. The molecule has 0 amide bonds. The van der Waals surface area contributed by atoms with Crippen molar-refractivity contribution < 1.29 is 17.9 Å². The van der Waals surface area contributed by atoms with E-state index in [0.717, 1.165) is 75.6 Å². The quantitative estimate of drug-likeness (QED) is 0.395. The Hall–Kier alpha value is -2.82. The van der Waals surface area contributed by atoms with Crippen molar-refractivity contribution in [2.45, 2.75) is 51.2 Å². The van der Waals surface area contributed by atoms with E-state index in [1.165, 1.54) is 12.1 Å². The van der Waals surface area contributed by atoms with E-state index < -0.39 is 6.36 Å². The van der Waals surface area contributed by atoms with Gasteiger partial charge in [0.1, 0.15) is 11.6 Å². The second-order valence-corrected chi connectivity index (χ2v) is 10.3. The fourth-order valence-electron chi connectivity index (χ4n) is 5.57. The van der Waals surface area contributed by atoms with Crippen molar-refractivity contribution in [1.82, 2.24) is 24.6 Å². The minimum atomic E-state index is -4.67. The Kier molecular flexibility index (Phi) is 8.11. The van der Waals surface area contributed by atoms with Gasteiger partial charge in [0, 0.05) is 50.7 Å². The molecule has 7 nitrogen and oxygen atoms in total. The van der Waals surface area contributed by atoms with Gasteiger partial charge in [-0.25, -0.2) is 9.67 Å². The van der Waals surface area contributed by atoms with Gasteiger partial charge in [0.25, 0.3) is 0 Å². The first-order valence-corrected chi connectivity index (χ1v) is 13.4. The second kappa shape index (κ2) is 11.5. The van der Waals surface area contributed by atoms with Crippen molar-refractivity contribution in [1.29, 1.82) is 0 Å². The van der Waals surface area contributed by atoms with Gasteiger partial charge in [-0.05, 0) is 62.2 Å². The minimum absolute atomic E-state index is 0.185. The molecule has 0 bridgehead atoms. The van der Waals surface area contributed by atoms with Crippen molar-refractivity contribution in [2.24, 2.45) is 0 Å². The van der Waals surface area contributed by atoms with E-state index in [4.69, 9.17) is 11.6 Å². The summed E-state index contributed by atoms with van der Waals surface area (Å²) in [6.45, 7) is 7.60. The molecule has 1 aromatic carbocycles. The van der Waals surface area contributed by atoms with Crippen LogP contribution in [-0.2, 0) is 6.54 Å². The second-order valence-electron chi connectivity index (χ2n) is 9.89. The summed E-state index contributed by atoms with van der Waals surface area (Å²) < 4.78 is 42.9. The van der Waals surface area contributed by atoms with Crippen LogP contribution >= 0.6 is 11.6 Å². The molecule has 0 radical (unpaired) electrons. The van der Waals surface area contributed by atoms with Crippen LogP contribution in [0.3, 0.4) is 0 Å². The summed E-state index contributed by atoms with van der Waals surface area (Å²) in [5.41, 5.74) is 1.83. The molecule has 38 heavy (non-hydrogen) atoms. The van der Waals surface area contributed by atoms with E-state index in [2.05, 4.69) is 36.4 Å². The minimum Gasteiger partial charge on any atom is -0.406 e. The lowest BCUT2D eigenvalue weighted by Gasteiger charge is -2.47. The third-order valence-electron chi connectivity index (χ3n) is 7.46. The Labute approximate surface area is 225 Å². The number of rotatable bonds is 7. The summed E-state index contributed by atoms with van der Waals surface area (Å²) >= 11 is 6.65. The molecule has 0 N–H and O–H groups in total. The zero-order valence-electron chi connectivity index (χ0n) is 21.3. The number of hydrogen-bond acceptors (Lipinski definition) is 6. The van der Waals surface area contributed by atoms with Crippen LogP contribution in [0.25, 0.3) is 5.69 Å². The largest absolute Gasteiger partial charge is 0.573 e. The number of nitrogens with zero attached hydrogens (tertiary/aromatic N) is 6. The van der Waals surface area contributed by atoms with Gasteiger partial charge in [-0.2, -0.15) is 5.10 Å². The molecular formula is C27H32ClF3N6O. The summed E-state index contributed by atoms with van der Waals surface area (Å²) in [5, 5.41) is 4.88. The Morgan fingerprint density at radius 2 is 1.84 bits per heavy atom. The zero-order valence-corrected chi connectivity index (χ0v) is 22.1. The molecule has 2 saturated heterocycles. The molecule has 11 heteroatoms. The van der Waals surface area contributed by atoms with Crippen LogP contribution in [-0.4, -0.2) is 75.7 Å². The standard InChI is InChI=1S/C27H32ClF3N6O/c1-2-21-19-35(26-25(28)16-23(17-32-26)37-11-3-10-33-37)14-15-36(21)22-8-12-34(13-9-22)18-20-4-6-24(7-5-20)38-27(29,30)31/h3-7,10-11,16-17,21-22H,2,8-9,12-15,18-19H2,1H3/t21-/m0/s1. The molecule has 0 unspecified atom stereocenters. The number of piperazine rings is 1. The fourth-order valence-corrected chi connectivity index (χ4v) is 5.85. The smallest absolute Gasteiger partial charge is 0.406 e. The predicted octanol–water partition coefficient (Wildman–Crippen LogP) is 5.38. The number of hydrogen-bond donors (Lipinski definition) is 0. The normalized spacial score (nSPS) is 20.1. The van der Waals surface area contributed by atoms with Crippen LogP contribution in [0.1, 0.15) is 31.7 Å². The molecule has 0 aliphatic carbocycles. The van der Waals surface area contributed by atoms with Gasteiger partial charge >= 0.3 is 6.36 Å². The van der Waals surface area contributed by atoms with Crippen molar-refractivity contribution in [2.75, 3.05) is 37.6 Å². The molecule has 2 fully saturated rings. The first kappa shape index (κ1) is 26.8. The van der Waals surface area contributed by atoms with Gasteiger partial charge in [0.15, 0.2) is 0 Å². The molecule has 204 valence electrons. The average Bonchev–Trinajstić information content (AvgIpc) is 3.44. The van der Waals surface area contributed by atoms with Gasteiger partial charge in [0.2, 0.25) is 0 Å². The van der Waals surface area contributed by atoms with E-state index in [1.54, 1.807) is 23.0 Å². The van der Waals surface area contributed by atoms with Crippen molar-refractivity contribution in [3.8, 4) is 11.4 Å². The number of pyridine rings is 1. The van der Waals surface area contributed by atoms with Crippen LogP contribution in [0.15, 0.2) is 55.0 Å². The monoisotopic (exact) mass is 548 g/mol. The Morgan fingerprint density at radius 3 is 2.47 bits per heavy atom. The third-order valence-corrected chi connectivity index (χ3v) is 7.74. The van der Waals surface area contributed by atoms with Crippen LogP contribution in [0.2, 0.25) is 5.02 Å². The number of aromatic nitrogens is 3. The number of ether oxygens (including phenoxy) is 1. The fraction of sp³-hybridized carbons (Fsp3) is 0.481. The van der Waals surface area contributed by atoms with Crippen LogP contribution in [0.5, 0.6) is 5.75 Å². The number of alkyl halides is 3. The highest BCUT2D eigenvalue weighted by molar-refractivity contribution is 6.33. The van der Waals surface area contributed by atoms with E-state index >= 15 is 0 Å². The molecule has 2 aromatic heterocycles. The maximum atomic E-state index is 12.4. The lowest BCUT2D eigenvalue weighted by molar-refractivity contribution is -0.274. The van der Waals surface area contributed by atoms with Gasteiger partial charge in [-0.1, -0.05) is 30.7 Å². The predicted molar refractivity (Wildman–Crippen MR) is 141 cm³/mol. The van der Waals surface area contributed by atoms with E-state index in [0.29, 0.717) is 17.1 Å². The highest BCUT2D eigenvalue weighted by Crippen LogP contribution is 2.30. The van der Waals surface area contributed by atoms with Crippen molar-refractivity contribution in [3.63, 3.8) is 0 Å². The van der Waals surface area contributed by atoms with E-state index in [-0.39, 0.29) is 5.75 Å². The summed E-state index contributed by atoms with van der Waals surface area (Å²) in [7, 11) is 0. The number of halogens is 4. The van der Waals surface area contributed by atoms with Gasteiger partial charge in [-0.3, -0.25) is 9.80 Å². The first-order valence-electron chi connectivity index (χ1n) is 13.0. The number of piperidine rings is 1. The molecule has 4 heterocycles. The van der Waals surface area contributed by atoms with Gasteiger partial charge < -0.3 is 9.64 Å². The number of benzene rings is 1. The lowest BCUT2D eigenvalue weighted by atomic mass is 9.98. The molecule has 0 spiro atoms. The van der Waals surface area contributed by atoms with Crippen LogP contribution < -0.4 is 9.64 Å². The van der Waals surface area contributed by atoms with E-state index in [9.17, 15) is 13.2 Å². The van der Waals surface area contributed by atoms with Crippen LogP contribution in [0, 0.1) is 0 Å². The SMILES string of the molecule is CC[C@H]1CN(c2ncc(-n3cccn3)cc2Cl)CCN1C1CCN(Cc2ccc(OC(F)(F)F)cc2)CC1. The van der Waals surface area contributed by atoms with E-state index in [1.807, 2.05) is 24.5 Å². The molecule has 5 rings (SSSR count). The van der Waals surface area contributed by atoms with Crippen molar-refractivity contribution >= 4 is 17.4 Å². The lowest BCUT2D eigenvalue weighted by Crippen LogP contribution is -2.58. The Morgan fingerprint density at radius 1 is 1.08 bits per heavy atom. The Bertz CT molecular complexity index is 1180. The summed E-state index contributed by atoms with van der Waals surface area (Å²) in [5.74, 6) is 0.636. The zero-order chi connectivity index (χ0) is 26.7. The highest BCUT2D eigenvalue weighted by atomic mass is 35.5. The summed E-state index contributed by atoms with van der Waals surface area (Å²) in [6.07, 6.45) is 3.94. The van der Waals surface area contributed by atoms with Crippen LogP contribution in [0.4, 0.5) is 19.0 Å². The topological polar surface area (TPSA) is 49.7 Å². The maximum absolute atomic E-state index is 12.4. The molecule has 2 aliphatic heterocycles. The summed E-state index contributed by atoms with van der Waals surface area (Å²) in [4.78, 5) is 12.0. The third kappa shape index (κ3) is 6.42. The molecule has 0 saturated carbocycles. The number of likely N-dealkylation sites (tertiary alicyclic amines) is 1. The molecular weight excluding hydrogens is 517 g/mol. The highest BCUT2D eigenvalue weighted by Gasteiger charge is 2.34. The average molecular weight is 549 g/mol. The molecule has 1 atom stereocenters. The molecule has 3 aromatic rings. The van der Waals surface area contributed by atoms with Crippen molar-refractivity contribution in [3.05, 3.63) is 65.6 Å².